The van der Waals surface area contributed by atoms with E-state index in [-0.39, 0.29) is 0 Å². The van der Waals surface area contributed by atoms with Crippen LogP contribution < -0.4 is 5.32 Å². The molecule has 2 aromatic heterocycles. The van der Waals surface area contributed by atoms with Crippen molar-refractivity contribution in [1.29, 1.82) is 0 Å². The van der Waals surface area contributed by atoms with Gasteiger partial charge in [-0.2, -0.15) is 0 Å². The molecule has 0 saturated heterocycles. The van der Waals surface area contributed by atoms with Crippen molar-refractivity contribution in [3.8, 4) is 11.3 Å². The number of aromatic nitrogens is 3. The molecule has 1 aliphatic rings. The van der Waals surface area contributed by atoms with Crippen molar-refractivity contribution in [2.75, 3.05) is 11.9 Å². The van der Waals surface area contributed by atoms with Gasteiger partial charge in [-0.3, -0.25) is 4.98 Å². The molecule has 3 aromatic rings. The predicted molar refractivity (Wildman–Crippen MR) is 83.2 cm³/mol. The normalized spacial score (nSPS) is 13.0. The fourth-order valence-corrected chi connectivity index (χ4v) is 2.89. The van der Waals surface area contributed by atoms with Crippen LogP contribution in [-0.4, -0.2) is 21.1 Å². The molecule has 21 heavy (non-hydrogen) atoms. The first-order chi connectivity index (χ1) is 10.4. The number of benzene rings is 1. The SMILES string of the molecule is c1ccc(Cn2cncc2-c2cccc3c2NCC3)nc1. The third kappa shape index (κ3) is 2.18. The molecular formula is C17H16N4. The minimum Gasteiger partial charge on any atom is -0.384 e. The van der Waals surface area contributed by atoms with Crippen molar-refractivity contribution in [3.05, 3.63) is 66.4 Å². The van der Waals surface area contributed by atoms with Crippen LogP contribution in [0.3, 0.4) is 0 Å². The van der Waals surface area contributed by atoms with Crippen LogP contribution in [0.2, 0.25) is 0 Å². The monoisotopic (exact) mass is 276 g/mol. The number of hydrogen-bond donors (Lipinski definition) is 1. The van der Waals surface area contributed by atoms with Gasteiger partial charge in [0.05, 0.1) is 30.5 Å². The van der Waals surface area contributed by atoms with Gasteiger partial charge in [0.25, 0.3) is 0 Å². The van der Waals surface area contributed by atoms with Crippen molar-refractivity contribution in [3.63, 3.8) is 0 Å². The quantitative estimate of drug-likeness (QED) is 0.799. The van der Waals surface area contributed by atoms with Gasteiger partial charge in [0.2, 0.25) is 0 Å². The van der Waals surface area contributed by atoms with Gasteiger partial charge < -0.3 is 9.88 Å². The van der Waals surface area contributed by atoms with Crippen LogP contribution in [0.5, 0.6) is 0 Å². The maximum absolute atomic E-state index is 4.40. The third-order valence-corrected chi connectivity index (χ3v) is 3.89. The number of nitrogens with zero attached hydrogens (tertiary/aromatic N) is 3. The number of rotatable bonds is 3. The second kappa shape index (κ2) is 5.05. The van der Waals surface area contributed by atoms with E-state index in [1.165, 1.54) is 16.8 Å². The first-order valence-electron chi connectivity index (χ1n) is 7.18. The minimum absolute atomic E-state index is 0.736. The van der Waals surface area contributed by atoms with Crippen molar-refractivity contribution in [1.82, 2.24) is 14.5 Å². The topological polar surface area (TPSA) is 42.7 Å². The van der Waals surface area contributed by atoms with Gasteiger partial charge >= 0.3 is 0 Å². The van der Waals surface area contributed by atoms with Gasteiger partial charge in [-0.25, -0.2) is 4.98 Å². The molecule has 4 nitrogen and oxygen atoms in total. The Bertz CT molecular complexity index is 761. The van der Waals surface area contributed by atoms with E-state index in [1.807, 2.05) is 36.9 Å². The molecule has 0 amide bonds. The molecule has 0 fully saturated rings. The number of pyridine rings is 1. The van der Waals surface area contributed by atoms with Gasteiger partial charge in [-0.1, -0.05) is 24.3 Å². The zero-order chi connectivity index (χ0) is 14.1. The van der Waals surface area contributed by atoms with E-state index in [1.54, 1.807) is 0 Å². The second-order valence-corrected chi connectivity index (χ2v) is 5.24. The summed E-state index contributed by atoms with van der Waals surface area (Å²) in [6.07, 6.45) is 6.72. The average molecular weight is 276 g/mol. The lowest BCUT2D eigenvalue weighted by Gasteiger charge is -2.12. The fourth-order valence-electron chi connectivity index (χ4n) is 2.89. The van der Waals surface area contributed by atoms with Crippen LogP contribution >= 0.6 is 0 Å². The summed E-state index contributed by atoms with van der Waals surface area (Å²) in [5.41, 5.74) is 6.03. The molecule has 0 spiro atoms. The molecule has 1 aromatic carbocycles. The Hall–Kier alpha value is -2.62. The summed E-state index contributed by atoms with van der Waals surface area (Å²) in [6.45, 7) is 1.75. The highest BCUT2D eigenvalue weighted by atomic mass is 15.1. The summed E-state index contributed by atoms with van der Waals surface area (Å²) in [6, 6.07) is 12.5. The van der Waals surface area contributed by atoms with Crippen molar-refractivity contribution >= 4 is 5.69 Å². The van der Waals surface area contributed by atoms with E-state index in [2.05, 4.69) is 38.1 Å². The van der Waals surface area contributed by atoms with E-state index in [9.17, 15) is 0 Å². The van der Waals surface area contributed by atoms with Gasteiger partial charge in [-0.15, -0.1) is 0 Å². The van der Waals surface area contributed by atoms with E-state index >= 15 is 0 Å². The first kappa shape index (κ1) is 12.1. The molecule has 0 bridgehead atoms. The highest BCUT2D eigenvalue weighted by Gasteiger charge is 2.17. The summed E-state index contributed by atoms with van der Waals surface area (Å²) in [7, 11) is 0. The lowest BCUT2D eigenvalue weighted by Crippen LogP contribution is -2.03. The number of para-hydroxylation sites is 1. The van der Waals surface area contributed by atoms with Gasteiger partial charge in [0.15, 0.2) is 0 Å². The number of anilines is 1. The summed E-state index contributed by atoms with van der Waals surface area (Å²) < 4.78 is 2.15. The lowest BCUT2D eigenvalue weighted by atomic mass is 10.1. The predicted octanol–water partition coefficient (Wildman–Crippen LogP) is 2.96. The molecule has 0 saturated carbocycles. The molecular weight excluding hydrogens is 260 g/mol. The fraction of sp³-hybridized carbons (Fsp3) is 0.176. The zero-order valence-electron chi connectivity index (χ0n) is 11.7. The molecule has 1 N–H and O–H groups in total. The lowest BCUT2D eigenvalue weighted by molar-refractivity contribution is 0.780. The van der Waals surface area contributed by atoms with Crippen LogP contribution in [0.1, 0.15) is 11.3 Å². The Labute approximate surface area is 123 Å². The molecule has 4 heteroatoms. The Morgan fingerprint density at radius 2 is 2.14 bits per heavy atom. The van der Waals surface area contributed by atoms with E-state index in [4.69, 9.17) is 0 Å². The third-order valence-electron chi connectivity index (χ3n) is 3.89. The molecule has 104 valence electrons. The van der Waals surface area contributed by atoms with Crippen molar-refractivity contribution < 1.29 is 0 Å². The summed E-state index contributed by atoms with van der Waals surface area (Å²) >= 11 is 0. The molecule has 1 aliphatic heterocycles. The maximum atomic E-state index is 4.40. The van der Waals surface area contributed by atoms with Crippen LogP contribution in [0.4, 0.5) is 5.69 Å². The van der Waals surface area contributed by atoms with Gasteiger partial charge in [-0.05, 0) is 24.1 Å². The Kier molecular flexibility index (Phi) is 2.92. The second-order valence-electron chi connectivity index (χ2n) is 5.24. The number of fused-ring (bicyclic) bond motifs is 1. The van der Waals surface area contributed by atoms with Crippen molar-refractivity contribution in [2.45, 2.75) is 13.0 Å². The van der Waals surface area contributed by atoms with Crippen LogP contribution in [-0.2, 0) is 13.0 Å². The number of nitrogens with one attached hydrogen (secondary N) is 1. The minimum atomic E-state index is 0.736. The number of hydrogen-bond acceptors (Lipinski definition) is 3. The summed E-state index contributed by atoms with van der Waals surface area (Å²) in [5, 5.41) is 3.49. The molecule has 0 aliphatic carbocycles. The molecule has 4 rings (SSSR count). The van der Waals surface area contributed by atoms with Crippen molar-refractivity contribution in [2.24, 2.45) is 0 Å². The van der Waals surface area contributed by atoms with E-state index in [0.717, 1.165) is 30.9 Å². The van der Waals surface area contributed by atoms with Gasteiger partial charge in [0, 0.05) is 24.0 Å². The zero-order valence-corrected chi connectivity index (χ0v) is 11.7. The molecule has 0 radical (unpaired) electrons. The average Bonchev–Trinajstić information content (AvgIpc) is 3.16. The highest BCUT2D eigenvalue weighted by Crippen LogP contribution is 2.34. The van der Waals surface area contributed by atoms with E-state index in [0.29, 0.717) is 0 Å². The Balaban J connectivity index is 1.75. The number of imidazole rings is 1. The first-order valence-corrected chi connectivity index (χ1v) is 7.18. The van der Waals surface area contributed by atoms with E-state index < -0.39 is 0 Å². The van der Waals surface area contributed by atoms with Crippen LogP contribution in [0.25, 0.3) is 11.3 Å². The smallest absolute Gasteiger partial charge is 0.0954 e. The van der Waals surface area contributed by atoms with Crippen LogP contribution in [0, 0.1) is 0 Å². The summed E-state index contributed by atoms with van der Waals surface area (Å²) in [5.74, 6) is 0. The Morgan fingerprint density at radius 1 is 1.14 bits per heavy atom. The standard InChI is InChI=1S/C17H16N4/c1-2-8-19-14(5-1)11-21-12-18-10-16(21)15-6-3-4-13-7-9-20-17(13)15/h1-6,8,10,12,20H,7,9,11H2. The Morgan fingerprint density at radius 3 is 3.05 bits per heavy atom. The summed E-state index contributed by atoms with van der Waals surface area (Å²) in [4.78, 5) is 8.72. The molecule has 0 unspecified atom stereocenters. The van der Waals surface area contributed by atoms with Crippen LogP contribution in [0.15, 0.2) is 55.1 Å². The maximum Gasteiger partial charge on any atom is 0.0954 e. The molecule has 3 heterocycles. The van der Waals surface area contributed by atoms with Gasteiger partial charge in [0.1, 0.15) is 0 Å². The molecule has 0 atom stereocenters. The highest BCUT2D eigenvalue weighted by molar-refractivity contribution is 5.79. The largest absolute Gasteiger partial charge is 0.384 e.